The molecule has 119 heavy (non-hydrogen) atoms. The van der Waals surface area contributed by atoms with Crippen LogP contribution >= 0.6 is 0 Å². The van der Waals surface area contributed by atoms with Crippen molar-refractivity contribution < 1.29 is 27.4 Å². The summed E-state index contributed by atoms with van der Waals surface area (Å²) >= 11 is 0. The van der Waals surface area contributed by atoms with Crippen LogP contribution in [0.4, 0.5) is 0 Å². The van der Waals surface area contributed by atoms with E-state index in [4.69, 9.17) is 0 Å². The lowest BCUT2D eigenvalue weighted by Crippen LogP contribution is -2.65. The minimum atomic E-state index is 0.273. The number of pyridine rings is 6. The molecule has 12 heterocycles. The van der Waals surface area contributed by atoms with E-state index in [0.29, 0.717) is 11.8 Å². The van der Waals surface area contributed by atoms with Gasteiger partial charge in [-0.05, 0) is 269 Å². The quantitative estimate of drug-likeness (QED) is 0.118. The lowest BCUT2D eigenvalue weighted by Gasteiger charge is -2.27. The fourth-order valence-electron chi connectivity index (χ4n) is 17.4. The fraction of sp³-hybridized carbons (Fsp3) is 0.228. The minimum Gasteiger partial charge on any atom is -0.411 e. The molecule has 0 saturated carbocycles. The molecule has 6 aliphatic rings. The summed E-state index contributed by atoms with van der Waals surface area (Å²) in [6, 6.07) is 78.5. The van der Waals surface area contributed by atoms with Gasteiger partial charge in [-0.3, -0.25) is 0 Å². The van der Waals surface area contributed by atoms with E-state index in [1.807, 2.05) is 0 Å². The predicted molar refractivity (Wildman–Crippen MR) is 507 cm³/mol. The molecule has 0 spiro atoms. The van der Waals surface area contributed by atoms with Crippen LogP contribution in [0.1, 0.15) is 100 Å². The lowest BCUT2D eigenvalue weighted by molar-refractivity contribution is -0.654. The van der Waals surface area contributed by atoms with Gasteiger partial charge in [0.05, 0.1) is 0 Å². The van der Waals surface area contributed by atoms with Crippen molar-refractivity contribution in [1.29, 1.82) is 0 Å². The van der Waals surface area contributed by atoms with Crippen LogP contribution in [0.2, 0.25) is 0 Å². The Bertz CT molecular complexity index is 5810. The molecule has 0 unspecified atom stereocenters. The van der Waals surface area contributed by atoms with Gasteiger partial charge < -0.3 is 28.9 Å². The second kappa shape index (κ2) is 38.1. The highest BCUT2D eigenvalue weighted by Gasteiger charge is 2.41. The van der Waals surface area contributed by atoms with E-state index in [2.05, 4.69) is 525 Å². The number of hydrogen-bond acceptors (Lipinski definition) is 6. The smallest absolute Gasteiger partial charge is 0.403 e. The van der Waals surface area contributed by atoms with Crippen LogP contribution < -0.4 is 93.7 Å². The van der Waals surface area contributed by atoms with Gasteiger partial charge in [-0.15, -0.1) is 0 Å². The Morgan fingerprint density at radius 1 is 0.269 bits per heavy atom. The highest BCUT2D eigenvalue weighted by Crippen LogP contribution is 2.19. The van der Waals surface area contributed by atoms with Gasteiger partial charge in [0.15, 0.2) is 70.7 Å². The second-order valence-electron chi connectivity index (χ2n) is 33.8. The number of aromatic nitrogens is 6. The van der Waals surface area contributed by atoms with E-state index < -0.39 is 0 Å². The monoisotopic (exact) mass is 1570 g/mol. The number of rotatable bonds is 9. The van der Waals surface area contributed by atoms with Gasteiger partial charge in [0.1, 0.15) is 42.3 Å². The van der Waals surface area contributed by atoms with Crippen LogP contribution in [0.3, 0.4) is 0 Å². The second-order valence-corrected chi connectivity index (χ2v) is 33.8. The molecule has 18 rings (SSSR count). The molecule has 0 radical (unpaired) electrons. The topological polar surface area (TPSA) is 42.7 Å². The lowest BCUT2D eigenvalue weighted by atomic mass is 9.49. The SMILES string of the molecule is CC(C)Cc1cc[n+](C)c(B2c3ccccc3C=CN2C)c1.CC(C)c1cc[n+](C)c(B2c3ccccc3C=CN2C)c1.CN1C=Cc2ccccc2B1c1cccc[n+]1C.Cc1cc(B2c3ccccc3C=CN2C)[n+](C)cc1C.Cc1cc[n+](C)c(B2c3ccccc3C=CN2C)c1.Cc1ccc(B2c3ccccc3C=CN2C)[n+](C)c1. The van der Waals surface area contributed by atoms with Crippen LogP contribution in [0.25, 0.3) is 36.5 Å². The Hall–Kier alpha value is -12.2. The van der Waals surface area contributed by atoms with Crippen molar-refractivity contribution in [3.05, 3.63) is 360 Å². The maximum atomic E-state index is 2.37. The van der Waals surface area contributed by atoms with Crippen molar-refractivity contribution in [2.45, 2.75) is 67.7 Å². The Morgan fingerprint density at radius 2 is 0.580 bits per heavy atom. The molecule has 6 aromatic carbocycles. The van der Waals surface area contributed by atoms with Gasteiger partial charge >= 0.3 is 41.1 Å². The first-order valence-corrected chi connectivity index (χ1v) is 42.1. The van der Waals surface area contributed by atoms with Crippen LogP contribution in [-0.2, 0) is 48.7 Å². The largest absolute Gasteiger partial charge is 0.411 e. The molecule has 18 heteroatoms. The number of nitrogens with zero attached hydrogens (tertiary/aromatic N) is 12. The predicted octanol–water partition coefficient (Wildman–Crippen LogP) is 6.75. The van der Waals surface area contributed by atoms with E-state index in [1.165, 1.54) is 133 Å². The van der Waals surface area contributed by atoms with Crippen molar-refractivity contribution in [3.63, 3.8) is 0 Å². The number of aryl methyl sites for hydroxylation is 10. The zero-order valence-electron chi connectivity index (χ0n) is 73.9. The molecule has 12 aromatic rings. The molecule has 0 fully saturated rings. The third-order valence-corrected chi connectivity index (χ3v) is 24.1. The summed E-state index contributed by atoms with van der Waals surface area (Å²) in [6.45, 7) is 19.4. The van der Waals surface area contributed by atoms with E-state index in [0.717, 1.165) is 6.42 Å². The molecule has 12 nitrogen and oxygen atoms in total. The van der Waals surface area contributed by atoms with Crippen molar-refractivity contribution in [2.24, 2.45) is 48.2 Å². The standard InChI is InChI=1S/C19H24BN2.C18H22BN2.C17H20BN2.2C16H18BN2.C15H16BN2/c1-15(2)13-16-9-11-21(3)19(14-16)20-18-8-6-5-7-17(18)10-12-22(20)4;1-14(2)16-9-11-20(3)18(13-16)19-17-8-6-5-7-15(17)10-12-21(19)4;1-13-11-17(19(3)12-14(13)2)18-16-8-6-5-7-15(16)9-10-20(18)4;1-13-8-10-18(2)16(12-13)17-15-7-5-4-6-14(15)9-11-19(17)3;1-13-8-9-16(18(2)12-13)17-15-7-5-4-6-14(15)10-11-19(17)3;1-17-11-6-5-9-15(17)16-14-8-4-3-7-13(14)10-12-18(16)2/h5-12,14-15H,13H2,1-4H3;5-14H,1-4H3;5-12H,1-4H3;2*4-12H,1-3H3;3-12H,1-2H3/q6*+1. The highest BCUT2D eigenvalue weighted by atomic mass is 15.1. The molecule has 0 atom stereocenters. The fourth-order valence-corrected chi connectivity index (χ4v) is 17.4. The molecule has 0 N–H and O–H groups in total. The van der Waals surface area contributed by atoms with Crippen LogP contribution in [0.15, 0.2) is 293 Å². The van der Waals surface area contributed by atoms with Crippen molar-refractivity contribution in [1.82, 2.24) is 28.9 Å². The van der Waals surface area contributed by atoms with Gasteiger partial charge in [0.25, 0.3) is 0 Å². The summed E-state index contributed by atoms with van der Waals surface area (Å²) < 4.78 is 13.4. The van der Waals surface area contributed by atoms with Gasteiger partial charge in [-0.1, -0.05) is 179 Å². The first-order valence-electron chi connectivity index (χ1n) is 42.1. The first-order chi connectivity index (χ1) is 57.3. The van der Waals surface area contributed by atoms with Gasteiger partial charge in [0, 0.05) is 59.7 Å². The number of hydrogen-bond donors (Lipinski definition) is 0. The van der Waals surface area contributed by atoms with E-state index in [-0.39, 0.29) is 41.1 Å². The molecule has 6 aliphatic heterocycles. The zero-order chi connectivity index (χ0) is 84.3. The molecular weight excluding hydrogens is 1450 g/mol. The van der Waals surface area contributed by atoms with Gasteiger partial charge in [-0.25, -0.2) is 27.4 Å². The molecule has 0 saturated heterocycles. The van der Waals surface area contributed by atoms with Gasteiger partial charge in [0.2, 0.25) is 0 Å². The average molecular weight is 1570 g/mol. The molecule has 594 valence electrons. The summed E-state index contributed by atoms with van der Waals surface area (Å²) in [5.74, 6) is 1.22. The Labute approximate surface area is 713 Å². The average Bonchev–Trinajstić information content (AvgIpc) is 0.878. The molecule has 6 aromatic heterocycles. The van der Waals surface area contributed by atoms with Crippen LogP contribution in [0, 0.1) is 33.6 Å². The number of benzene rings is 6. The zero-order valence-corrected chi connectivity index (χ0v) is 73.9. The molecular formula is C101H118B6N12+6. The summed E-state index contributed by atoms with van der Waals surface area (Å²) in [4.78, 5) is 13.7. The van der Waals surface area contributed by atoms with Gasteiger partial charge in [-0.2, -0.15) is 0 Å². The third-order valence-electron chi connectivity index (χ3n) is 24.1. The van der Waals surface area contributed by atoms with Crippen molar-refractivity contribution in [3.8, 4) is 0 Å². The van der Waals surface area contributed by atoms with Crippen LogP contribution in [-0.4, -0.2) is 112 Å². The maximum absolute atomic E-state index is 2.37. The van der Waals surface area contributed by atoms with Crippen LogP contribution in [0.5, 0.6) is 0 Å². The molecule has 0 amide bonds. The first kappa shape index (κ1) is 84.8. The highest BCUT2D eigenvalue weighted by molar-refractivity contribution is 6.85. The Kier molecular flexibility index (Phi) is 27.1. The Balaban J connectivity index is 0.000000124. The maximum Gasteiger partial charge on any atom is 0.403 e. The molecule has 0 aliphatic carbocycles. The van der Waals surface area contributed by atoms with E-state index in [9.17, 15) is 0 Å². The normalized spacial score (nSPS) is 13.7. The number of fused-ring (bicyclic) bond motifs is 6. The van der Waals surface area contributed by atoms with Crippen molar-refractivity contribution >= 4 is 144 Å². The summed E-state index contributed by atoms with van der Waals surface area (Å²) in [6.07, 6.45) is 40.3. The summed E-state index contributed by atoms with van der Waals surface area (Å²) in [5, 5.41) is 0. The third kappa shape index (κ3) is 19.4. The van der Waals surface area contributed by atoms with Crippen molar-refractivity contribution in [2.75, 3.05) is 42.3 Å². The summed E-state index contributed by atoms with van der Waals surface area (Å²) in [7, 11) is 25.6. The van der Waals surface area contributed by atoms with E-state index in [1.54, 1.807) is 0 Å². The van der Waals surface area contributed by atoms with E-state index >= 15 is 0 Å². The Morgan fingerprint density at radius 3 is 0.950 bits per heavy atom. The molecule has 0 bridgehead atoms. The summed E-state index contributed by atoms with van der Waals surface area (Å²) in [5.41, 5.74) is 32.1. The minimum absolute atomic E-state index is 0.273.